The van der Waals surface area contributed by atoms with Crippen molar-refractivity contribution in [1.29, 1.82) is 0 Å². The van der Waals surface area contributed by atoms with Crippen LogP contribution in [0.15, 0.2) is 60.8 Å². The van der Waals surface area contributed by atoms with Gasteiger partial charge in [-0.1, -0.05) is 47.7 Å². The van der Waals surface area contributed by atoms with Crippen molar-refractivity contribution >= 4 is 21.9 Å². The molecule has 1 N–H and O–H groups in total. The Morgan fingerprint density at radius 3 is 2.38 bits per heavy atom. The summed E-state index contributed by atoms with van der Waals surface area (Å²) < 4.78 is 32.6. The number of aromatic nitrogens is 5. The largest absolute Gasteiger partial charge is 0.386 e. The average molecular weight is 530 g/mol. The molecule has 3 aromatic heterocycles. The summed E-state index contributed by atoms with van der Waals surface area (Å²) >= 11 is 0. The van der Waals surface area contributed by atoms with E-state index in [2.05, 4.69) is 33.1 Å². The SMILES string of the molecule is Cc1nnn(C)c1-c1cnc2c3ccc(C(C)(C)O)cc3n(C(c3ccccc3)C3CCC(F)(F)CC3)c2c1. The molecule has 6 nitrogen and oxygen atoms in total. The Bertz CT molecular complexity index is 1640. The molecule has 5 aromatic rings. The van der Waals surface area contributed by atoms with Crippen molar-refractivity contribution in [3.05, 3.63) is 77.6 Å². The molecular weight excluding hydrogens is 496 g/mol. The van der Waals surface area contributed by atoms with E-state index in [1.54, 1.807) is 18.5 Å². The first-order chi connectivity index (χ1) is 18.5. The van der Waals surface area contributed by atoms with Gasteiger partial charge < -0.3 is 9.67 Å². The van der Waals surface area contributed by atoms with Crippen LogP contribution in [0.2, 0.25) is 0 Å². The highest BCUT2D eigenvalue weighted by Crippen LogP contribution is 2.46. The van der Waals surface area contributed by atoms with Gasteiger partial charge in [0.15, 0.2) is 0 Å². The number of halogens is 2. The fourth-order valence-corrected chi connectivity index (χ4v) is 6.23. The zero-order chi connectivity index (χ0) is 27.5. The molecule has 1 saturated carbocycles. The van der Waals surface area contributed by atoms with E-state index in [-0.39, 0.29) is 24.8 Å². The summed E-state index contributed by atoms with van der Waals surface area (Å²) in [5.41, 5.74) is 6.08. The van der Waals surface area contributed by atoms with Crippen molar-refractivity contribution in [3.63, 3.8) is 0 Å². The Kier molecular flexibility index (Phi) is 6.06. The molecule has 1 unspecified atom stereocenters. The molecule has 0 amide bonds. The molecular formula is C31H33F2N5O. The smallest absolute Gasteiger partial charge is 0.248 e. The van der Waals surface area contributed by atoms with E-state index in [4.69, 9.17) is 4.98 Å². The number of hydrogen-bond donors (Lipinski definition) is 1. The minimum absolute atomic E-state index is 0.0142. The molecule has 0 radical (unpaired) electrons. The van der Waals surface area contributed by atoms with Gasteiger partial charge in [0, 0.05) is 37.0 Å². The molecule has 202 valence electrons. The second-order valence-electron chi connectivity index (χ2n) is 11.4. The molecule has 0 saturated heterocycles. The summed E-state index contributed by atoms with van der Waals surface area (Å²) in [5, 5.41) is 20.3. The summed E-state index contributed by atoms with van der Waals surface area (Å²) in [4.78, 5) is 4.93. The van der Waals surface area contributed by atoms with Gasteiger partial charge in [0.05, 0.1) is 39.6 Å². The zero-order valence-corrected chi connectivity index (χ0v) is 22.7. The van der Waals surface area contributed by atoms with Gasteiger partial charge in [-0.2, -0.15) is 0 Å². The van der Waals surface area contributed by atoms with E-state index < -0.39 is 11.5 Å². The number of rotatable bonds is 5. The van der Waals surface area contributed by atoms with Crippen LogP contribution in [0.4, 0.5) is 8.78 Å². The minimum Gasteiger partial charge on any atom is -0.386 e. The second-order valence-corrected chi connectivity index (χ2v) is 11.4. The Hall–Kier alpha value is -3.65. The maximum atomic E-state index is 14.3. The molecule has 8 heteroatoms. The van der Waals surface area contributed by atoms with E-state index >= 15 is 0 Å². The van der Waals surface area contributed by atoms with Crippen LogP contribution in [0.5, 0.6) is 0 Å². The lowest BCUT2D eigenvalue weighted by atomic mass is 9.79. The lowest BCUT2D eigenvalue weighted by Crippen LogP contribution is -2.30. The van der Waals surface area contributed by atoms with Gasteiger partial charge in [-0.3, -0.25) is 4.98 Å². The van der Waals surface area contributed by atoms with Gasteiger partial charge in [0.1, 0.15) is 0 Å². The van der Waals surface area contributed by atoms with Gasteiger partial charge in [-0.05, 0) is 62.8 Å². The number of fused-ring (bicyclic) bond motifs is 3. The minimum atomic E-state index is -2.62. The van der Waals surface area contributed by atoms with E-state index in [0.29, 0.717) is 12.8 Å². The third-order valence-electron chi connectivity index (χ3n) is 8.24. The van der Waals surface area contributed by atoms with Crippen LogP contribution in [0, 0.1) is 12.8 Å². The summed E-state index contributed by atoms with van der Waals surface area (Å²) in [7, 11) is 1.86. The van der Waals surface area contributed by atoms with Crippen LogP contribution in [-0.4, -0.2) is 35.6 Å². The van der Waals surface area contributed by atoms with Gasteiger partial charge in [0.2, 0.25) is 5.92 Å². The zero-order valence-electron chi connectivity index (χ0n) is 22.7. The van der Waals surface area contributed by atoms with Crippen LogP contribution in [0.1, 0.15) is 62.4 Å². The maximum Gasteiger partial charge on any atom is 0.248 e. The van der Waals surface area contributed by atoms with Gasteiger partial charge in [0.25, 0.3) is 0 Å². The van der Waals surface area contributed by atoms with E-state index in [1.807, 2.05) is 56.6 Å². The van der Waals surface area contributed by atoms with E-state index in [0.717, 1.165) is 50.0 Å². The molecule has 1 aliphatic carbocycles. The average Bonchev–Trinajstić information content (AvgIpc) is 3.40. The van der Waals surface area contributed by atoms with Crippen molar-refractivity contribution in [2.24, 2.45) is 13.0 Å². The van der Waals surface area contributed by atoms with Crippen LogP contribution < -0.4 is 0 Å². The number of hydrogen-bond acceptors (Lipinski definition) is 4. The molecule has 2 aromatic carbocycles. The molecule has 39 heavy (non-hydrogen) atoms. The van der Waals surface area contributed by atoms with Crippen molar-refractivity contribution in [2.45, 2.75) is 64.0 Å². The molecule has 3 heterocycles. The quantitative estimate of drug-likeness (QED) is 0.268. The van der Waals surface area contributed by atoms with Gasteiger partial charge in [-0.25, -0.2) is 13.5 Å². The lowest BCUT2D eigenvalue weighted by molar-refractivity contribution is -0.0493. The Balaban J connectivity index is 1.66. The monoisotopic (exact) mass is 529 g/mol. The molecule has 0 bridgehead atoms. The summed E-state index contributed by atoms with van der Waals surface area (Å²) in [6, 6.07) is 18.1. The van der Waals surface area contributed by atoms with Crippen LogP contribution >= 0.6 is 0 Å². The molecule has 1 fully saturated rings. The predicted molar refractivity (Wildman–Crippen MR) is 149 cm³/mol. The molecule has 6 rings (SSSR count). The second kappa shape index (κ2) is 9.23. The number of benzene rings is 2. The summed E-state index contributed by atoms with van der Waals surface area (Å²) in [6.07, 6.45) is 2.47. The highest BCUT2D eigenvalue weighted by atomic mass is 19.3. The predicted octanol–water partition coefficient (Wildman–Crippen LogP) is 6.94. The van der Waals surface area contributed by atoms with Crippen LogP contribution in [0.3, 0.4) is 0 Å². The number of aryl methyl sites for hydroxylation is 2. The molecule has 0 spiro atoms. The Morgan fingerprint density at radius 2 is 1.74 bits per heavy atom. The maximum absolute atomic E-state index is 14.3. The molecule has 1 atom stereocenters. The first-order valence-electron chi connectivity index (χ1n) is 13.5. The fourth-order valence-electron chi connectivity index (χ4n) is 6.23. The molecule has 0 aliphatic heterocycles. The fraction of sp³-hybridized carbons (Fsp3) is 0.387. The van der Waals surface area contributed by atoms with E-state index in [9.17, 15) is 13.9 Å². The van der Waals surface area contributed by atoms with E-state index in [1.165, 1.54) is 0 Å². The van der Waals surface area contributed by atoms with Crippen LogP contribution in [-0.2, 0) is 12.6 Å². The third-order valence-corrected chi connectivity index (χ3v) is 8.24. The topological polar surface area (TPSA) is 68.8 Å². The summed E-state index contributed by atoms with van der Waals surface area (Å²) in [5.74, 6) is -2.61. The van der Waals surface area contributed by atoms with Crippen molar-refractivity contribution < 1.29 is 13.9 Å². The standard InChI is InChI=1S/C31H33F2N5O/c1-19-28(37(4)36-35-19)22-16-26-27(34-18-22)24-11-10-23(30(2,3)39)17-25(24)38(26)29(20-8-6-5-7-9-20)21-12-14-31(32,33)15-13-21/h5-11,16-18,21,29,39H,12-15H2,1-4H3. The first-order valence-corrected chi connectivity index (χ1v) is 13.5. The van der Waals surface area contributed by atoms with Gasteiger partial charge in [-0.15, -0.1) is 5.10 Å². The highest BCUT2D eigenvalue weighted by Gasteiger charge is 2.39. The Morgan fingerprint density at radius 1 is 1.03 bits per heavy atom. The summed E-state index contributed by atoms with van der Waals surface area (Å²) in [6.45, 7) is 5.47. The third kappa shape index (κ3) is 4.50. The van der Waals surface area contributed by atoms with Crippen molar-refractivity contribution in [2.75, 3.05) is 0 Å². The van der Waals surface area contributed by atoms with Crippen LogP contribution in [0.25, 0.3) is 33.2 Å². The number of alkyl halides is 2. The van der Waals surface area contributed by atoms with Crippen molar-refractivity contribution in [1.82, 2.24) is 24.5 Å². The van der Waals surface area contributed by atoms with Crippen molar-refractivity contribution in [3.8, 4) is 11.3 Å². The number of pyridine rings is 1. The first kappa shape index (κ1) is 25.6. The highest BCUT2D eigenvalue weighted by molar-refractivity contribution is 6.07. The lowest BCUT2D eigenvalue weighted by Gasteiger charge is -2.36. The Labute approximate surface area is 226 Å². The normalized spacial score (nSPS) is 17.2. The number of nitrogens with zero attached hydrogens (tertiary/aromatic N) is 5. The molecule has 1 aliphatic rings. The number of aliphatic hydroxyl groups is 1. The van der Waals surface area contributed by atoms with Gasteiger partial charge >= 0.3 is 0 Å².